The summed E-state index contributed by atoms with van der Waals surface area (Å²) >= 11 is 0. The smallest absolute Gasteiger partial charge is 0.0462 e. The fraction of sp³-hybridized carbons (Fsp3) is 0.238. The average molecular weight is 288 g/mol. The molecule has 110 valence electrons. The van der Waals surface area contributed by atoms with E-state index in [2.05, 4.69) is 54.6 Å². The van der Waals surface area contributed by atoms with Crippen LogP contribution in [0.3, 0.4) is 0 Å². The number of benzene rings is 4. The average Bonchev–Trinajstić information content (AvgIpc) is 2.57. The van der Waals surface area contributed by atoms with Crippen LogP contribution < -0.4 is 0 Å². The van der Waals surface area contributed by atoms with E-state index in [4.69, 9.17) is 4.74 Å². The van der Waals surface area contributed by atoms with Gasteiger partial charge in [-0.15, -0.1) is 0 Å². The molecule has 0 amide bonds. The first-order valence-electron chi connectivity index (χ1n) is 8.03. The normalized spacial score (nSPS) is 11.9. The molecule has 0 unspecified atom stereocenters. The van der Waals surface area contributed by atoms with Gasteiger partial charge in [-0.3, -0.25) is 0 Å². The number of ether oxygens (including phenoxy) is 1. The van der Waals surface area contributed by atoms with E-state index >= 15 is 0 Å². The van der Waals surface area contributed by atoms with Gasteiger partial charge in [0.1, 0.15) is 0 Å². The van der Waals surface area contributed by atoms with E-state index < -0.39 is 0 Å². The predicted molar refractivity (Wildman–Crippen MR) is 95.0 cm³/mol. The lowest BCUT2D eigenvalue weighted by molar-refractivity contribution is 0.193. The van der Waals surface area contributed by atoms with Gasteiger partial charge in [0.15, 0.2) is 0 Å². The van der Waals surface area contributed by atoms with Crippen molar-refractivity contribution in [2.75, 3.05) is 13.7 Å². The molecule has 0 saturated carbocycles. The quantitative estimate of drug-likeness (QED) is 0.345. The van der Waals surface area contributed by atoms with E-state index in [1.165, 1.54) is 44.3 Å². The highest BCUT2D eigenvalue weighted by molar-refractivity contribution is 6.23. The monoisotopic (exact) mass is 288 g/mol. The van der Waals surface area contributed by atoms with Crippen LogP contribution in [0.2, 0.25) is 0 Å². The van der Waals surface area contributed by atoms with Crippen LogP contribution in [0.15, 0.2) is 54.6 Å². The number of rotatable bonds is 5. The molecular formula is C21H20O. The van der Waals surface area contributed by atoms with Gasteiger partial charge in [0.25, 0.3) is 0 Å². The Bertz CT molecular complexity index is 907. The number of unbranched alkanes of at least 4 members (excludes halogenated alkanes) is 1. The standard InChI is InChI=1S/C21H20O/c1-22-14-3-2-5-15-8-9-18-11-10-16-6-4-7-17-12-13-19(15)21(18)20(16)17/h4,6-13H,2-3,5,14H2,1H3. The molecule has 4 rings (SSSR count). The summed E-state index contributed by atoms with van der Waals surface area (Å²) in [7, 11) is 1.77. The zero-order valence-corrected chi connectivity index (χ0v) is 12.9. The Kier molecular flexibility index (Phi) is 3.44. The minimum atomic E-state index is 0.853. The van der Waals surface area contributed by atoms with E-state index in [1.54, 1.807) is 7.11 Å². The first kappa shape index (κ1) is 13.5. The van der Waals surface area contributed by atoms with Crippen LogP contribution in [0.1, 0.15) is 18.4 Å². The van der Waals surface area contributed by atoms with E-state index in [9.17, 15) is 0 Å². The molecule has 0 bridgehead atoms. The minimum Gasteiger partial charge on any atom is -0.385 e. The molecule has 4 aromatic carbocycles. The first-order chi connectivity index (χ1) is 10.9. The van der Waals surface area contributed by atoms with Crippen LogP contribution in [0.5, 0.6) is 0 Å². The van der Waals surface area contributed by atoms with Crippen LogP contribution in [0.4, 0.5) is 0 Å². The van der Waals surface area contributed by atoms with E-state index in [0.717, 1.165) is 19.4 Å². The predicted octanol–water partition coefficient (Wildman–Crippen LogP) is 5.55. The topological polar surface area (TPSA) is 9.23 Å². The number of hydrogen-bond donors (Lipinski definition) is 0. The third-order valence-corrected chi connectivity index (χ3v) is 4.66. The molecule has 0 aliphatic heterocycles. The number of methoxy groups -OCH3 is 1. The van der Waals surface area contributed by atoms with Crippen LogP contribution in [-0.4, -0.2) is 13.7 Å². The molecule has 0 radical (unpaired) electrons. The highest BCUT2D eigenvalue weighted by atomic mass is 16.5. The molecule has 0 aliphatic carbocycles. The van der Waals surface area contributed by atoms with Crippen molar-refractivity contribution in [1.82, 2.24) is 0 Å². The van der Waals surface area contributed by atoms with Gasteiger partial charge < -0.3 is 4.74 Å². The summed E-state index contributed by atoms with van der Waals surface area (Å²) in [6.07, 6.45) is 3.42. The van der Waals surface area contributed by atoms with Crippen LogP contribution in [-0.2, 0) is 11.2 Å². The fourth-order valence-electron chi connectivity index (χ4n) is 3.58. The Balaban J connectivity index is 1.89. The summed E-state index contributed by atoms with van der Waals surface area (Å²) in [6.45, 7) is 0.853. The number of aryl methyl sites for hydroxylation is 1. The van der Waals surface area contributed by atoms with Gasteiger partial charge in [-0.2, -0.15) is 0 Å². The Morgan fingerprint density at radius 2 is 1.41 bits per heavy atom. The van der Waals surface area contributed by atoms with Crippen molar-refractivity contribution in [2.45, 2.75) is 19.3 Å². The van der Waals surface area contributed by atoms with E-state index in [1.807, 2.05) is 0 Å². The summed E-state index contributed by atoms with van der Waals surface area (Å²) < 4.78 is 5.16. The minimum absolute atomic E-state index is 0.853. The van der Waals surface area contributed by atoms with Crippen LogP contribution >= 0.6 is 0 Å². The van der Waals surface area contributed by atoms with Gasteiger partial charge in [-0.25, -0.2) is 0 Å². The molecule has 4 aromatic rings. The Hall–Kier alpha value is -2.12. The van der Waals surface area contributed by atoms with Gasteiger partial charge >= 0.3 is 0 Å². The van der Waals surface area contributed by atoms with Crippen molar-refractivity contribution in [1.29, 1.82) is 0 Å². The maximum atomic E-state index is 5.16. The van der Waals surface area contributed by atoms with Crippen molar-refractivity contribution >= 4 is 32.3 Å². The van der Waals surface area contributed by atoms with Gasteiger partial charge in [-0.1, -0.05) is 54.6 Å². The summed E-state index contributed by atoms with van der Waals surface area (Å²) in [6, 6.07) is 20.2. The largest absolute Gasteiger partial charge is 0.385 e. The maximum absolute atomic E-state index is 5.16. The molecule has 0 aromatic heterocycles. The van der Waals surface area contributed by atoms with Crippen molar-refractivity contribution in [3.63, 3.8) is 0 Å². The summed E-state index contributed by atoms with van der Waals surface area (Å²) in [5.41, 5.74) is 1.46. The van der Waals surface area contributed by atoms with Gasteiger partial charge in [0.2, 0.25) is 0 Å². The molecule has 1 nitrogen and oxygen atoms in total. The van der Waals surface area contributed by atoms with Gasteiger partial charge in [-0.05, 0) is 57.1 Å². The van der Waals surface area contributed by atoms with Crippen molar-refractivity contribution < 1.29 is 4.74 Å². The van der Waals surface area contributed by atoms with Gasteiger partial charge in [0.05, 0.1) is 0 Å². The lowest BCUT2D eigenvalue weighted by atomic mass is 9.91. The molecule has 0 atom stereocenters. The molecule has 1 heteroatoms. The molecule has 0 fully saturated rings. The van der Waals surface area contributed by atoms with Crippen molar-refractivity contribution in [2.24, 2.45) is 0 Å². The number of hydrogen-bond acceptors (Lipinski definition) is 1. The summed E-state index contributed by atoms with van der Waals surface area (Å²) in [5, 5.41) is 8.29. The van der Waals surface area contributed by atoms with Crippen LogP contribution in [0.25, 0.3) is 32.3 Å². The Morgan fingerprint density at radius 3 is 2.18 bits per heavy atom. The second-order valence-electron chi connectivity index (χ2n) is 6.03. The lowest BCUT2D eigenvalue weighted by Gasteiger charge is -2.13. The molecule has 22 heavy (non-hydrogen) atoms. The van der Waals surface area contributed by atoms with E-state index in [0.29, 0.717) is 0 Å². The second kappa shape index (κ2) is 5.58. The SMILES string of the molecule is COCCCCc1ccc2ccc3cccc4ccc1c2c34. The summed E-state index contributed by atoms with van der Waals surface area (Å²) in [4.78, 5) is 0. The second-order valence-corrected chi connectivity index (χ2v) is 6.03. The zero-order valence-electron chi connectivity index (χ0n) is 12.9. The Labute approximate surface area is 130 Å². The molecular weight excluding hydrogens is 268 g/mol. The highest BCUT2D eigenvalue weighted by Gasteiger charge is 2.10. The zero-order chi connectivity index (χ0) is 14.9. The molecule has 0 aliphatic rings. The molecule has 0 N–H and O–H groups in total. The first-order valence-corrected chi connectivity index (χ1v) is 8.03. The van der Waals surface area contributed by atoms with Crippen molar-refractivity contribution in [3.8, 4) is 0 Å². The van der Waals surface area contributed by atoms with E-state index in [-0.39, 0.29) is 0 Å². The maximum Gasteiger partial charge on any atom is 0.0462 e. The molecule has 0 spiro atoms. The lowest BCUT2D eigenvalue weighted by Crippen LogP contribution is -1.93. The molecule has 0 heterocycles. The highest BCUT2D eigenvalue weighted by Crippen LogP contribution is 2.36. The third kappa shape index (κ3) is 2.13. The fourth-order valence-corrected chi connectivity index (χ4v) is 3.58. The molecule has 0 saturated heterocycles. The van der Waals surface area contributed by atoms with Gasteiger partial charge in [0, 0.05) is 13.7 Å². The third-order valence-electron chi connectivity index (χ3n) is 4.66. The Morgan fingerprint density at radius 1 is 0.727 bits per heavy atom. The van der Waals surface area contributed by atoms with Crippen molar-refractivity contribution in [3.05, 3.63) is 60.2 Å². The van der Waals surface area contributed by atoms with Crippen LogP contribution in [0, 0.1) is 0 Å². The summed E-state index contributed by atoms with van der Waals surface area (Å²) in [5.74, 6) is 0.